The van der Waals surface area contributed by atoms with Crippen LogP contribution in [-0.2, 0) is 12.7 Å². The smallest absolute Gasteiger partial charge is 0.348 e. The van der Waals surface area contributed by atoms with Crippen molar-refractivity contribution in [3.05, 3.63) is 82.7 Å². The molecular weight excluding hydrogens is 392 g/mol. The lowest BCUT2D eigenvalue weighted by molar-refractivity contribution is -0.137. The average Bonchev–Trinajstić information content (AvgIpc) is 2.69. The summed E-state index contributed by atoms with van der Waals surface area (Å²) in [6.07, 6.45) is -4.69. The number of fused-ring (bicyclic) bond motifs is 1. The van der Waals surface area contributed by atoms with Gasteiger partial charge in [0.25, 0.3) is 11.8 Å². The molecular formula is C20H14F4N2O3. The molecule has 9 heteroatoms. The van der Waals surface area contributed by atoms with Crippen molar-refractivity contribution in [1.29, 1.82) is 0 Å². The van der Waals surface area contributed by atoms with E-state index in [0.29, 0.717) is 16.8 Å². The molecule has 0 aliphatic carbocycles. The Hall–Kier alpha value is -3.46. The summed E-state index contributed by atoms with van der Waals surface area (Å²) in [4.78, 5) is 23.8. The van der Waals surface area contributed by atoms with Gasteiger partial charge < -0.3 is 5.32 Å². The van der Waals surface area contributed by atoms with Gasteiger partial charge in [-0.1, -0.05) is 12.1 Å². The van der Waals surface area contributed by atoms with Gasteiger partial charge >= 0.3 is 6.18 Å². The van der Waals surface area contributed by atoms with E-state index in [2.05, 4.69) is 5.32 Å². The summed E-state index contributed by atoms with van der Waals surface area (Å²) in [5, 5.41) is 12.4. The van der Waals surface area contributed by atoms with Gasteiger partial charge in [-0.2, -0.15) is 13.2 Å². The van der Waals surface area contributed by atoms with Crippen molar-refractivity contribution < 1.29 is 32.4 Å². The first-order valence-electron chi connectivity index (χ1n) is 8.30. The fourth-order valence-electron chi connectivity index (χ4n) is 2.79. The van der Waals surface area contributed by atoms with Crippen LogP contribution in [0.2, 0.25) is 0 Å². The molecule has 0 heterocycles. The summed E-state index contributed by atoms with van der Waals surface area (Å²) in [7, 11) is 0. The number of carbonyl (C=O) groups excluding carboxylic acids is 2. The Bertz CT molecular complexity index is 1100. The maximum absolute atomic E-state index is 13.4. The maximum atomic E-state index is 13.4. The van der Waals surface area contributed by atoms with E-state index < -0.39 is 29.4 Å². The Labute approximate surface area is 161 Å². The Morgan fingerprint density at radius 2 is 1.45 bits per heavy atom. The first-order chi connectivity index (χ1) is 13.7. The lowest BCUT2D eigenvalue weighted by atomic mass is 10.0. The van der Waals surface area contributed by atoms with E-state index in [1.54, 1.807) is 12.1 Å². The van der Waals surface area contributed by atoms with Gasteiger partial charge in [-0.15, -0.1) is 0 Å². The molecule has 0 fully saturated rings. The molecule has 0 spiro atoms. The highest BCUT2D eigenvalue weighted by Gasteiger charge is 2.31. The SMILES string of the molecule is O=C(NO)c1ccc2cc(C(=O)NCc3cc(F)cc(C(F)(F)F)c3)ccc2c1. The van der Waals surface area contributed by atoms with Crippen molar-refractivity contribution in [2.45, 2.75) is 12.7 Å². The van der Waals surface area contributed by atoms with Gasteiger partial charge in [0.2, 0.25) is 0 Å². The van der Waals surface area contributed by atoms with E-state index in [1.807, 2.05) is 0 Å². The van der Waals surface area contributed by atoms with Crippen molar-refractivity contribution in [3.8, 4) is 0 Å². The van der Waals surface area contributed by atoms with E-state index in [0.717, 1.165) is 12.1 Å². The van der Waals surface area contributed by atoms with Gasteiger partial charge in [0.05, 0.1) is 5.56 Å². The predicted molar refractivity (Wildman–Crippen MR) is 95.8 cm³/mol. The third-order valence-electron chi connectivity index (χ3n) is 4.20. The van der Waals surface area contributed by atoms with Crippen LogP contribution >= 0.6 is 0 Å². The van der Waals surface area contributed by atoms with Crippen molar-refractivity contribution in [3.63, 3.8) is 0 Å². The molecule has 3 N–H and O–H groups in total. The van der Waals surface area contributed by atoms with Crippen molar-refractivity contribution in [2.24, 2.45) is 0 Å². The third kappa shape index (κ3) is 4.69. The number of alkyl halides is 3. The number of carbonyl (C=O) groups is 2. The Balaban J connectivity index is 1.76. The van der Waals surface area contributed by atoms with Crippen molar-refractivity contribution in [1.82, 2.24) is 10.8 Å². The molecule has 0 saturated heterocycles. The number of hydrogen-bond acceptors (Lipinski definition) is 3. The summed E-state index contributed by atoms with van der Waals surface area (Å²) in [6, 6.07) is 11.3. The summed E-state index contributed by atoms with van der Waals surface area (Å²) in [5.74, 6) is -2.28. The van der Waals surface area contributed by atoms with E-state index in [4.69, 9.17) is 5.21 Å². The number of halogens is 4. The van der Waals surface area contributed by atoms with Crippen LogP contribution in [-0.4, -0.2) is 17.0 Å². The second-order valence-electron chi connectivity index (χ2n) is 6.25. The molecule has 0 saturated carbocycles. The summed E-state index contributed by atoms with van der Waals surface area (Å²) < 4.78 is 51.7. The molecule has 0 unspecified atom stereocenters. The van der Waals surface area contributed by atoms with Gasteiger partial charge in [-0.05, 0) is 58.8 Å². The molecule has 3 aromatic rings. The van der Waals surface area contributed by atoms with Crippen molar-refractivity contribution >= 4 is 22.6 Å². The number of benzene rings is 3. The minimum absolute atomic E-state index is 0.0221. The van der Waals surface area contributed by atoms with Crippen LogP contribution in [0.4, 0.5) is 17.6 Å². The first kappa shape index (κ1) is 20.3. The Morgan fingerprint density at radius 3 is 2.00 bits per heavy atom. The summed E-state index contributed by atoms with van der Waals surface area (Å²) in [5.41, 5.74) is 0.839. The van der Waals surface area contributed by atoms with E-state index in [1.165, 1.54) is 29.7 Å². The fourth-order valence-corrected chi connectivity index (χ4v) is 2.79. The number of rotatable bonds is 4. The Kier molecular flexibility index (Phi) is 5.51. The number of hydrogen-bond donors (Lipinski definition) is 3. The molecule has 0 atom stereocenters. The number of hydroxylamine groups is 1. The predicted octanol–water partition coefficient (Wildman–Crippen LogP) is 4.05. The van der Waals surface area contributed by atoms with Gasteiger partial charge in [-0.3, -0.25) is 14.8 Å². The summed E-state index contributed by atoms with van der Waals surface area (Å²) >= 11 is 0. The highest BCUT2D eigenvalue weighted by molar-refractivity contribution is 6.01. The zero-order valence-corrected chi connectivity index (χ0v) is 14.7. The van der Waals surface area contributed by atoms with Crippen LogP contribution in [0.25, 0.3) is 10.8 Å². The van der Waals surface area contributed by atoms with Crippen LogP contribution in [0.1, 0.15) is 31.8 Å². The molecule has 3 aromatic carbocycles. The normalized spacial score (nSPS) is 11.3. The maximum Gasteiger partial charge on any atom is 0.416 e. The monoisotopic (exact) mass is 406 g/mol. The second-order valence-corrected chi connectivity index (χ2v) is 6.25. The lowest BCUT2D eigenvalue weighted by Gasteiger charge is -2.11. The number of nitrogens with one attached hydrogen (secondary N) is 2. The fraction of sp³-hybridized carbons (Fsp3) is 0.100. The molecule has 0 aliphatic rings. The van der Waals surface area contributed by atoms with Gasteiger partial charge in [0.1, 0.15) is 5.82 Å². The zero-order chi connectivity index (χ0) is 21.2. The molecule has 150 valence electrons. The third-order valence-corrected chi connectivity index (χ3v) is 4.20. The van der Waals surface area contributed by atoms with Gasteiger partial charge in [0.15, 0.2) is 0 Å². The largest absolute Gasteiger partial charge is 0.416 e. The highest BCUT2D eigenvalue weighted by Crippen LogP contribution is 2.30. The van der Waals surface area contributed by atoms with Crippen LogP contribution in [0, 0.1) is 5.82 Å². The molecule has 3 rings (SSSR count). The van der Waals surface area contributed by atoms with Crippen molar-refractivity contribution in [2.75, 3.05) is 0 Å². The highest BCUT2D eigenvalue weighted by atomic mass is 19.4. The lowest BCUT2D eigenvalue weighted by Crippen LogP contribution is -2.23. The zero-order valence-electron chi connectivity index (χ0n) is 14.7. The van der Waals surface area contributed by atoms with E-state index in [-0.39, 0.29) is 23.2 Å². The molecule has 2 amide bonds. The standard InChI is InChI=1S/C20H14F4N2O3/c21-17-6-11(5-16(9-17)20(22,23)24)10-25-18(27)14-3-1-13-8-15(19(28)26-29)4-2-12(13)7-14/h1-9,29H,10H2,(H,25,27)(H,26,28). The molecule has 0 aliphatic heterocycles. The minimum Gasteiger partial charge on any atom is -0.348 e. The van der Waals surface area contributed by atoms with E-state index in [9.17, 15) is 27.2 Å². The average molecular weight is 406 g/mol. The number of amides is 2. The van der Waals surface area contributed by atoms with Gasteiger partial charge in [0, 0.05) is 17.7 Å². The molecule has 5 nitrogen and oxygen atoms in total. The van der Waals surface area contributed by atoms with Gasteiger partial charge in [-0.25, -0.2) is 9.87 Å². The van der Waals surface area contributed by atoms with E-state index >= 15 is 0 Å². The molecule has 0 aromatic heterocycles. The first-order valence-corrected chi connectivity index (χ1v) is 8.30. The Morgan fingerprint density at radius 1 is 0.862 bits per heavy atom. The summed E-state index contributed by atoms with van der Waals surface area (Å²) in [6.45, 7) is -0.284. The van der Waals surface area contributed by atoms with Crippen LogP contribution in [0.3, 0.4) is 0 Å². The quantitative estimate of drug-likeness (QED) is 0.348. The molecule has 0 bridgehead atoms. The molecule has 29 heavy (non-hydrogen) atoms. The van der Waals surface area contributed by atoms with Crippen LogP contribution < -0.4 is 10.8 Å². The van der Waals surface area contributed by atoms with Crippen LogP contribution in [0.5, 0.6) is 0 Å². The topological polar surface area (TPSA) is 78.4 Å². The minimum atomic E-state index is -4.69. The second kappa shape index (κ2) is 7.88. The van der Waals surface area contributed by atoms with Crippen LogP contribution in [0.15, 0.2) is 54.6 Å². The molecule has 0 radical (unpaired) electrons.